The second-order valence-corrected chi connectivity index (χ2v) is 6.49. The van der Waals surface area contributed by atoms with Gasteiger partial charge in [-0.2, -0.15) is 0 Å². The monoisotopic (exact) mass is 324 g/mol. The first kappa shape index (κ1) is 15.5. The molecule has 0 unspecified atom stereocenters. The van der Waals surface area contributed by atoms with Crippen molar-refractivity contribution in [1.29, 1.82) is 0 Å². The summed E-state index contributed by atoms with van der Waals surface area (Å²) in [5.41, 5.74) is 5.95. The van der Waals surface area contributed by atoms with Gasteiger partial charge in [0, 0.05) is 6.54 Å². The first-order valence-electron chi connectivity index (χ1n) is 6.03. The maximum Gasteiger partial charge on any atom is 0.250 e. The van der Waals surface area contributed by atoms with Crippen LogP contribution in [-0.2, 0) is 16.6 Å². The number of amides is 1. The van der Waals surface area contributed by atoms with Crippen molar-refractivity contribution in [3.8, 4) is 0 Å². The Morgan fingerprint density at radius 2 is 1.81 bits per heavy atom. The van der Waals surface area contributed by atoms with Gasteiger partial charge in [0.1, 0.15) is 0 Å². The van der Waals surface area contributed by atoms with Gasteiger partial charge in [0.05, 0.1) is 15.5 Å². The van der Waals surface area contributed by atoms with E-state index in [2.05, 4.69) is 4.72 Å². The van der Waals surface area contributed by atoms with Crippen LogP contribution in [0.15, 0.2) is 53.4 Å². The molecule has 0 aliphatic rings. The Hall–Kier alpha value is -1.89. The standard InChI is InChI=1S/C14H13ClN2O3S/c15-13-7-6-11(8-12(13)14(16)18)21(19,20)17-9-10-4-2-1-3-5-10/h1-8,17H,9H2,(H2,16,18). The molecular formula is C14H13ClN2O3S. The number of rotatable bonds is 5. The van der Waals surface area contributed by atoms with E-state index < -0.39 is 15.9 Å². The molecule has 0 heterocycles. The third-order valence-electron chi connectivity index (χ3n) is 2.82. The molecule has 1 amide bonds. The van der Waals surface area contributed by atoms with Crippen molar-refractivity contribution in [2.75, 3.05) is 0 Å². The molecule has 0 aliphatic heterocycles. The number of benzene rings is 2. The largest absolute Gasteiger partial charge is 0.366 e. The molecule has 7 heteroatoms. The minimum absolute atomic E-state index is 0.0285. The molecular weight excluding hydrogens is 312 g/mol. The molecule has 0 saturated carbocycles. The molecule has 0 bridgehead atoms. The van der Waals surface area contributed by atoms with Crippen molar-refractivity contribution in [3.05, 3.63) is 64.7 Å². The molecule has 2 rings (SSSR count). The van der Waals surface area contributed by atoms with E-state index in [-0.39, 0.29) is 22.0 Å². The van der Waals surface area contributed by atoms with Gasteiger partial charge in [-0.3, -0.25) is 4.79 Å². The Morgan fingerprint density at radius 3 is 2.43 bits per heavy atom. The highest BCUT2D eigenvalue weighted by atomic mass is 35.5. The summed E-state index contributed by atoms with van der Waals surface area (Å²) in [5.74, 6) is -0.778. The lowest BCUT2D eigenvalue weighted by Crippen LogP contribution is -2.24. The van der Waals surface area contributed by atoms with Crippen molar-refractivity contribution >= 4 is 27.5 Å². The lowest BCUT2D eigenvalue weighted by molar-refractivity contribution is 0.1000. The molecule has 0 atom stereocenters. The Morgan fingerprint density at radius 1 is 1.14 bits per heavy atom. The highest BCUT2D eigenvalue weighted by Gasteiger charge is 2.17. The fraction of sp³-hybridized carbons (Fsp3) is 0.0714. The van der Waals surface area contributed by atoms with Gasteiger partial charge in [-0.15, -0.1) is 0 Å². The lowest BCUT2D eigenvalue weighted by Gasteiger charge is -2.08. The Bertz CT molecular complexity index is 761. The van der Waals surface area contributed by atoms with Crippen LogP contribution in [0, 0.1) is 0 Å². The third-order valence-corrected chi connectivity index (χ3v) is 4.55. The first-order chi connectivity index (χ1) is 9.90. The maximum atomic E-state index is 12.2. The number of carbonyl (C=O) groups is 1. The number of hydrogen-bond donors (Lipinski definition) is 2. The second kappa shape index (κ2) is 6.26. The van der Waals surface area contributed by atoms with E-state index in [0.717, 1.165) is 11.6 Å². The van der Waals surface area contributed by atoms with E-state index in [9.17, 15) is 13.2 Å². The van der Waals surface area contributed by atoms with Gasteiger partial charge in [-0.25, -0.2) is 13.1 Å². The molecule has 0 spiro atoms. The van der Waals surface area contributed by atoms with E-state index in [1.165, 1.54) is 12.1 Å². The smallest absolute Gasteiger partial charge is 0.250 e. The quantitative estimate of drug-likeness (QED) is 0.880. The predicted molar refractivity (Wildman–Crippen MR) is 80.4 cm³/mol. The Kier molecular flexibility index (Phi) is 4.62. The topological polar surface area (TPSA) is 89.3 Å². The van der Waals surface area contributed by atoms with Gasteiger partial charge in [0.25, 0.3) is 0 Å². The van der Waals surface area contributed by atoms with Crippen molar-refractivity contribution in [1.82, 2.24) is 4.72 Å². The predicted octanol–water partition coefficient (Wildman–Crippen LogP) is 1.92. The van der Waals surface area contributed by atoms with Gasteiger partial charge in [0.15, 0.2) is 0 Å². The minimum atomic E-state index is -3.75. The molecule has 3 N–H and O–H groups in total. The first-order valence-corrected chi connectivity index (χ1v) is 7.89. The summed E-state index contributed by atoms with van der Waals surface area (Å²) in [6, 6.07) is 12.9. The Balaban J connectivity index is 2.24. The summed E-state index contributed by atoms with van der Waals surface area (Å²) < 4.78 is 26.8. The highest BCUT2D eigenvalue weighted by Crippen LogP contribution is 2.20. The molecule has 0 saturated heterocycles. The summed E-state index contributed by atoms with van der Waals surface area (Å²) in [5, 5.41) is 0.115. The van der Waals surface area contributed by atoms with Crippen molar-refractivity contribution in [3.63, 3.8) is 0 Å². The van der Waals surface area contributed by atoms with Crippen LogP contribution in [-0.4, -0.2) is 14.3 Å². The maximum absolute atomic E-state index is 12.2. The lowest BCUT2D eigenvalue weighted by atomic mass is 10.2. The molecule has 0 fully saturated rings. The molecule has 0 radical (unpaired) electrons. The SMILES string of the molecule is NC(=O)c1cc(S(=O)(=O)NCc2ccccc2)ccc1Cl. The number of hydrogen-bond acceptors (Lipinski definition) is 3. The van der Waals surface area contributed by atoms with E-state index in [1.807, 2.05) is 18.2 Å². The fourth-order valence-electron chi connectivity index (χ4n) is 1.72. The van der Waals surface area contributed by atoms with Gasteiger partial charge < -0.3 is 5.73 Å². The number of primary amides is 1. The molecule has 0 aliphatic carbocycles. The average Bonchev–Trinajstić information content (AvgIpc) is 2.46. The molecule has 21 heavy (non-hydrogen) atoms. The van der Waals surface area contributed by atoms with Crippen LogP contribution in [0.5, 0.6) is 0 Å². The molecule has 110 valence electrons. The summed E-state index contributed by atoms with van der Waals surface area (Å²) in [6.45, 7) is 0.151. The summed E-state index contributed by atoms with van der Waals surface area (Å²) in [7, 11) is -3.75. The van der Waals surface area contributed by atoms with Gasteiger partial charge >= 0.3 is 0 Å². The number of nitrogens with two attached hydrogens (primary N) is 1. The third kappa shape index (κ3) is 3.81. The van der Waals surface area contributed by atoms with Crippen LogP contribution in [0.2, 0.25) is 5.02 Å². The molecule has 2 aromatic rings. The van der Waals surface area contributed by atoms with Gasteiger partial charge in [0.2, 0.25) is 15.9 Å². The van der Waals surface area contributed by atoms with Crippen LogP contribution in [0.1, 0.15) is 15.9 Å². The van der Waals surface area contributed by atoms with Crippen LogP contribution >= 0.6 is 11.6 Å². The van der Waals surface area contributed by atoms with Crippen molar-refractivity contribution < 1.29 is 13.2 Å². The minimum Gasteiger partial charge on any atom is -0.366 e. The second-order valence-electron chi connectivity index (χ2n) is 4.32. The van der Waals surface area contributed by atoms with Crippen LogP contribution in [0.3, 0.4) is 0 Å². The van der Waals surface area contributed by atoms with E-state index in [0.29, 0.717) is 0 Å². The zero-order chi connectivity index (χ0) is 15.5. The number of sulfonamides is 1. The Labute approximate surface area is 127 Å². The number of carbonyl (C=O) groups excluding carboxylic acids is 1. The van der Waals surface area contributed by atoms with Gasteiger partial charge in [-0.05, 0) is 23.8 Å². The van der Waals surface area contributed by atoms with E-state index in [1.54, 1.807) is 12.1 Å². The fourth-order valence-corrected chi connectivity index (χ4v) is 2.97. The van der Waals surface area contributed by atoms with Crippen LogP contribution < -0.4 is 10.5 Å². The van der Waals surface area contributed by atoms with Crippen LogP contribution in [0.4, 0.5) is 0 Å². The normalized spacial score (nSPS) is 11.3. The van der Waals surface area contributed by atoms with Crippen molar-refractivity contribution in [2.24, 2.45) is 5.73 Å². The van der Waals surface area contributed by atoms with E-state index in [4.69, 9.17) is 17.3 Å². The zero-order valence-electron chi connectivity index (χ0n) is 10.9. The molecule has 5 nitrogen and oxygen atoms in total. The summed E-state index contributed by atoms with van der Waals surface area (Å²) in [6.07, 6.45) is 0. The van der Waals surface area contributed by atoms with Crippen molar-refractivity contribution in [2.45, 2.75) is 11.4 Å². The zero-order valence-corrected chi connectivity index (χ0v) is 12.5. The summed E-state index contributed by atoms with van der Waals surface area (Å²) >= 11 is 5.80. The van der Waals surface area contributed by atoms with Gasteiger partial charge in [-0.1, -0.05) is 41.9 Å². The molecule has 0 aromatic heterocycles. The average molecular weight is 325 g/mol. The van der Waals surface area contributed by atoms with E-state index >= 15 is 0 Å². The number of halogens is 1. The molecule has 2 aromatic carbocycles. The summed E-state index contributed by atoms with van der Waals surface area (Å²) in [4.78, 5) is 11.1. The number of nitrogens with one attached hydrogen (secondary N) is 1. The van der Waals surface area contributed by atoms with Crippen LogP contribution in [0.25, 0.3) is 0 Å². The highest BCUT2D eigenvalue weighted by molar-refractivity contribution is 7.89.